The summed E-state index contributed by atoms with van der Waals surface area (Å²) in [6.07, 6.45) is 11.0. The van der Waals surface area contributed by atoms with Gasteiger partial charge in [0.2, 0.25) is 17.6 Å². The standard InChI is InChI=1S/C30H35FN4O2.ClH/c1-21-32-30(34-37-21)26-8-7-24-15-18-35(19-16-25(24)20-26)17-14-23-4-11-28(12-5-23)33-29(36)13-6-22-2-9-27(31)10-3-22;/h2-3,6-10,13,20,23,28H,4-5,11-12,14-19H2,1H3,(H,33,36);1H/b13-6+;/t23-,28-;. The molecule has 2 aliphatic rings. The first-order valence-electron chi connectivity index (χ1n) is 13.4. The zero-order chi connectivity index (χ0) is 25.6. The van der Waals surface area contributed by atoms with E-state index in [0.29, 0.717) is 11.7 Å². The van der Waals surface area contributed by atoms with Gasteiger partial charge in [0.05, 0.1) is 0 Å². The van der Waals surface area contributed by atoms with Crippen LogP contribution in [0.25, 0.3) is 17.5 Å². The van der Waals surface area contributed by atoms with Gasteiger partial charge in [0, 0.05) is 37.7 Å². The van der Waals surface area contributed by atoms with Crippen molar-refractivity contribution >= 4 is 24.4 Å². The Kier molecular flexibility index (Phi) is 9.69. The number of amides is 1. The number of nitrogens with one attached hydrogen (secondary N) is 1. The Hall–Kier alpha value is -3.03. The van der Waals surface area contributed by atoms with Crippen LogP contribution in [0.3, 0.4) is 0 Å². The van der Waals surface area contributed by atoms with Crippen LogP contribution in [0.2, 0.25) is 0 Å². The molecule has 0 bridgehead atoms. The first-order chi connectivity index (χ1) is 18.0. The third kappa shape index (κ3) is 7.51. The molecule has 0 unspecified atom stereocenters. The lowest BCUT2D eigenvalue weighted by atomic mass is 9.84. The van der Waals surface area contributed by atoms with Crippen LogP contribution in [0.1, 0.15) is 54.7 Å². The predicted molar refractivity (Wildman–Crippen MR) is 150 cm³/mol. The van der Waals surface area contributed by atoms with Gasteiger partial charge in [-0.1, -0.05) is 29.4 Å². The van der Waals surface area contributed by atoms with Crippen molar-refractivity contribution in [2.24, 2.45) is 5.92 Å². The van der Waals surface area contributed by atoms with E-state index >= 15 is 0 Å². The molecule has 1 saturated carbocycles. The minimum atomic E-state index is -0.273. The van der Waals surface area contributed by atoms with Crippen LogP contribution in [0, 0.1) is 18.7 Å². The van der Waals surface area contributed by atoms with E-state index in [1.807, 2.05) is 6.92 Å². The van der Waals surface area contributed by atoms with Crippen LogP contribution < -0.4 is 5.32 Å². The Morgan fingerprint density at radius 1 is 1.08 bits per heavy atom. The van der Waals surface area contributed by atoms with Gasteiger partial charge in [0.15, 0.2) is 0 Å². The highest BCUT2D eigenvalue weighted by molar-refractivity contribution is 5.91. The number of benzene rings is 2. The fraction of sp³-hybridized carbons (Fsp3) is 0.433. The molecule has 1 aromatic heterocycles. The fourth-order valence-electron chi connectivity index (χ4n) is 5.51. The normalized spacial score (nSPS) is 19.9. The molecule has 1 fully saturated rings. The molecule has 1 N–H and O–H groups in total. The minimum absolute atomic E-state index is 0. The summed E-state index contributed by atoms with van der Waals surface area (Å²) in [4.78, 5) is 19.3. The van der Waals surface area contributed by atoms with E-state index in [0.717, 1.165) is 75.2 Å². The van der Waals surface area contributed by atoms with Gasteiger partial charge in [-0.3, -0.25) is 4.79 Å². The van der Waals surface area contributed by atoms with E-state index in [9.17, 15) is 9.18 Å². The van der Waals surface area contributed by atoms with Crippen molar-refractivity contribution < 1.29 is 13.7 Å². The Balaban J connectivity index is 0.00000336. The van der Waals surface area contributed by atoms with Gasteiger partial charge < -0.3 is 14.7 Å². The summed E-state index contributed by atoms with van der Waals surface area (Å²) in [5.74, 6) is 1.63. The molecule has 0 spiro atoms. The topological polar surface area (TPSA) is 71.3 Å². The highest BCUT2D eigenvalue weighted by Gasteiger charge is 2.23. The summed E-state index contributed by atoms with van der Waals surface area (Å²) in [5.41, 5.74) is 4.67. The van der Waals surface area contributed by atoms with Gasteiger partial charge in [-0.25, -0.2) is 4.39 Å². The lowest BCUT2D eigenvalue weighted by Gasteiger charge is -2.30. The molecule has 6 nitrogen and oxygen atoms in total. The Morgan fingerprint density at radius 3 is 2.53 bits per heavy atom. The van der Waals surface area contributed by atoms with Gasteiger partial charge in [-0.05, 0) is 98.4 Å². The smallest absolute Gasteiger partial charge is 0.244 e. The maximum atomic E-state index is 13.0. The predicted octanol–water partition coefficient (Wildman–Crippen LogP) is 5.79. The molecular formula is C30H36ClFN4O2. The highest BCUT2D eigenvalue weighted by atomic mass is 35.5. The Bertz CT molecular complexity index is 1240. The number of halogens is 2. The largest absolute Gasteiger partial charge is 0.350 e. The number of nitrogens with zero attached hydrogens (tertiary/aromatic N) is 3. The second-order valence-electron chi connectivity index (χ2n) is 10.4. The molecule has 3 aromatic rings. The number of fused-ring (bicyclic) bond motifs is 1. The van der Waals surface area contributed by atoms with Gasteiger partial charge in [0.1, 0.15) is 5.82 Å². The Labute approximate surface area is 230 Å². The average Bonchev–Trinajstić information content (AvgIpc) is 3.24. The molecule has 202 valence electrons. The van der Waals surface area contributed by atoms with Crippen LogP contribution in [-0.2, 0) is 17.6 Å². The zero-order valence-electron chi connectivity index (χ0n) is 21.9. The van der Waals surface area contributed by atoms with E-state index in [2.05, 4.69) is 38.6 Å². The van der Waals surface area contributed by atoms with Crippen molar-refractivity contribution in [3.63, 3.8) is 0 Å². The van der Waals surface area contributed by atoms with Crippen molar-refractivity contribution in [3.05, 3.63) is 76.9 Å². The van der Waals surface area contributed by atoms with Gasteiger partial charge in [-0.2, -0.15) is 4.98 Å². The summed E-state index contributed by atoms with van der Waals surface area (Å²) in [6.45, 7) is 5.12. The molecule has 0 radical (unpaired) electrons. The van der Waals surface area contributed by atoms with Gasteiger partial charge in [0.25, 0.3) is 0 Å². The summed E-state index contributed by atoms with van der Waals surface area (Å²) >= 11 is 0. The first-order valence-corrected chi connectivity index (χ1v) is 13.4. The number of hydrogen-bond acceptors (Lipinski definition) is 5. The number of rotatable bonds is 7. The fourth-order valence-corrected chi connectivity index (χ4v) is 5.51. The van der Waals surface area contributed by atoms with Crippen molar-refractivity contribution in [1.29, 1.82) is 0 Å². The molecule has 0 saturated heterocycles. The molecule has 38 heavy (non-hydrogen) atoms. The monoisotopic (exact) mass is 538 g/mol. The average molecular weight is 539 g/mol. The molecule has 1 aliphatic heterocycles. The summed E-state index contributed by atoms with van der Waals surface area (Å²) in [5, 5.41) is 7.20. The lowest BCUT2D eigenvalue weighted by Crippen LogP contribution is -2.37. The molecule has 0 atom stereocenters. The molecule has 1 aliphatic carbocycles. The minimum Gasteiger partial charge on any atom is -0.350 e. The number of aryl methyl sites for hydroxylation is 1. The summed E-state index contributed by atoms with van der Waals surface area (Å²) < 4.78 is 18.2. The van der Waals surface area contributed by atoms with E-state index < -0.39 is 0 Å². The molecule has 5 rings (SSSR count). The lowest BCUT2D eigenvalue weighted by molar-refractivity contribution is -0.117. The number of aromatic nitrogens is 2. The third-order valence-electron chi connectivity index (χ3n) is 7.73. The van der Waals surface area contributed by atoms with Gasteiger partial charge >= 0.3 is 0 Å². The maximum absolute atomic E-state index is 13.0. The molecule has 1 amide bonds. The SMILES string of the molecule is Cc1nc(-c2ccc3c(c2)CCN(CC[C@H]2CC[C@H](NC(=O)/C=C/c4ccc(F)cc4)CC2)CC3)no1.Cl. The first kappa shape index (κ1) is 28.0. The van der Waals surface area contributed by atoms with Crippen LogP contribution in [-0.4, -0.2) is 46.6 Å². The van der Waals surface area contributed by atoms with Crippen LogP contribution in [0.15, 0.2) is 53.1 Å². The van der Waals surface area contributed by atoms with E-state index in [-0.39, 0.29) is 30.2 Å². The second kappa shape index (κ2) is 13.2. The van der Waals surface area contributed by atoms with Crippen LogP contribution in [0.4, 0.5) is 4.39 Å². The van der Waals surface area contributed by atoms with Crippen LogP contribution >= 0.6 is 12.4 Å². The second-order valence-corrected chi connectivity index (χ2v) is 10.4. The van der Waals surface area contributed by atoms with Gasteiger partial charge in [-0.15, -0.1) is 12.4 Å². The molecule has 2 heterocycles. The third-order valence-corrected chi connectivity index (χ3v) is 7.73. The maximum Gasteiger partial charge on any atom is 0.244 e. The van der Waals surface area contributed by atoms with Crippen molar-refractivity contribution in [1.82, 2.24) is 20.4 Å². The van der Waals surface area contributed by atoms with E-state index in [1.54, 1.807) is 24.3 Å². The number of hydrogen-bond donors (Lipinski definition) is 1. The highest BCUT2D eigenvalue weighted by Crippen LogP contribution is 2.28. The van der Waals surface area contributed by atoms with Crippen molar-refractivity contribution in [3.8, 4) is 11.4 Å². The van der Waals surface area contributed by atoms with Crippen molar-refractivity contribution in [2.75, 3.05) is 19.6 Å². The van der Waals surface area contributed by atoms with E-state index in [4.69, 9.17) is 4.52 Å². The summed E-state index contributed by atoms with van der Waals surface area (Å²) in [7, 11) is 0. The zero-order valence-corrected chi connectivity index (χ0v) is 22.7. The molecule has 2 aromatic carbocycles. The molecule has 8 heteroatoms. The van der Waals surface area contributed by atoms with E-state index in [1.165, 1.54) is 29.7 Å². The quantitative estimate of drug-likeness (QED) is 0.386. The van der Waals surface area contributed by atoms with Crippen LogP contribution in [0.5, 0.6) is 0 Å². The molecular weight excluding hydrogens is 503 g/mol. The summed E-state index contributed by atoms with van der Waals surface area (Å²) in [6, 6.07) is 12.9. The number of carbonyl (C=O) groups is 1. The number of carbonyl (C=O) groups excluding carboxylic acids is 1. The Morgan fingerprint density at radius 2 is 1.82 bits per heavy atom. The van der Waals surface area contributed by atoms with Crippen molar-refractivity contribution in [2.45, 2.75) is 57.9 Å².